The van der Waals surface area contributed by atoms with Gasteiger partial charge in [-0.3, -0.25) is 14.9 Å². The summed E-state index contributed by atoms with van der Waals surface area (Å²) in [7, 11) is 2.99. The molecule has 1 unspecified atom stereocenters. The van der Waals surface area contributed by atoms with Gasteiger partial charge in [0, 0.05) is 25.6 Å². The second-order valence-electron chi connectivity index (χ2n) is 6.21. The summed E-state index contributed by atoms with van der Waals surface area (Å²) in [6.07, 6.45) is -0.869. The molecule has 0 aliphatic carbocycles. The van der Waals surface area contributed by atoms with E-state index in [9.17, 15) is 20.0 Å². The summed E-state index contributed by atoms with van der Waals surface area (Å²) in [5, 5.41) is 26.5. The number of hydrogen-bond acceptors (Lipinski definition) is 8. The first-order valence-electron chi connectivity index (χ1n) is 9.22. The minimum atomic E-state index is -0.952. The Labute approximate surface area is 173 Å². The van der Waals surface area contributed by atoms with Crippen molar-refractivity contribution in [1.82, 2.24) is 5.32 Å². The molecule has 2 aromatic rings. The zero-order chi connectivity index (χ0) is 21.9. The lowest BCUT2D eigenvalue weighted by atomic mass is 10.2. The van der Waals surface area contributed by atoms with Crippen LogP contribution in [0, 0.1) is 10.1 Å². The van der Waals surface area contributed by atoms with Crippen LogP contribution in [0.3, 0.4) is 0 Å². The lowest BCUT2D eigenvalue weighted by molar-refractivity contribution is -0.384. The highest BCUT2D eigenvalue weighted by Crippen LogP contribution is 2.36. The molecular formula is C20H25N3O7. The first-order valence-corrected chi connectivity index (χ1v) is 9.22. The van der Waals surface area contributed by atoms with Crippen LogP contribution in [0.4, 0.5) is 11.4 Å². The molecule has 0 heterocycles. The number of nitrogens with one attached hydrogen (secondary N) is 2. The number of benzene rings is 2. The van der Waals surface area contributed by atoms with Crippen molar-refractivity contribution in [3.8, 4) is 17.2 Å². The molecule has 0 aromatic heterocycles. The summed E-state index contributed by atoms with van der Waals surface area (Å²) in [5.41, 5.74) is 0.284. The van der Waals surface area contributed by atoms with Crippen molar-refractivity contribution in [2.75, 3.05) is 39.2 Å². The number of nitro benzene ring substituents is 1. The van der Waals surface area contributed by atoms with Crippen LogP contribution in [0.2, 0.25) is 0 Å². The number of nitrogens with zero attached hydrogens (tertiary/aromatic N) is 1. The molecule has 0 spiro atoms. The number of amides is 1. The van der Waals surface area contributed by atoms with Crippen LogP contribution in [-0.2, 0) is 4.79 Å². The molecule has 0 aliphatic rings. The Morgan fingerprint density at radius 1 is 1.13 bits per heavy atom. The van der Waals surface area contributed by atoms with Crippen molar-refractivity contribution in [3.05, 3.63) is 52.6 Å². The summed E-state index contributed by atoms with van der Waals surface area (Å²) >= 11 is 0. The zero-order valence-corrected chi connectivity index (χ0v) is 16.8. The van der Waals surface area contributed by atoms with E-state index in [0.29, 0.717) is 22.9 Å². The zero-order valence-electron chi connectivity index (χ0n) is 16.8. The predicted octanol–water partition coefficient (Wildman–Crippen LogP) is 1.97. The minimum Gasteiger partial charge on any atom is -0.493 e. The maximum atomic E-state index is 12.0. The van der Waals surface area contributed by atoms with Gasteiger partial charge in [-0.25, -0.2) is 0 Å². The van der Waals surface area contributed by atoms with Gasteiger partial charge in [-0.05, 0) is 18.2 Å². The largest absolute Gasteiger partial charge is 0.493 e. The van der Waals surface area contributed by atoms with Gasteiger partial charge < -0.3 is 30.0 Å². The second kappa shape index (κ2) is 11.5. The van der Waals surface area contributed by atoms with Crippen LogP contribution in [0.25, 0.3) is 0 Å². The van der Waals surface area contributed by atoms with Crippen molar-refractivity contribution in [3.63, 3.8) is 0 Å². The highest BCUT2D eigenvalue weighted by atomic mass is 16.6. The maximum Gasteiger partial charge on any atom is 0.292 e. The number of hydrogen-bond donors (Lipinski definition) is 3. The van der Waals surface area contributed by atoms with Crippen LogP contribution < -0.4 is 24.8 Å². The molecule has 10 nitrogen and oxygen atoms in total. The SMILES string of the molecule is COc1cccc(OC)c1OCC(O)CNC(=O)CCNc1ccccc1[N+](=O)[O-]. The van der Waals surface area contributed by atoms with Crippen LogP contribution in [0.15, 0.2) is 42.5 Å². The summed E-state index contributed by atoms with van der Waals surface area (Å²) in [5.74, 6) is 0.981. The Balaban J connectivity index is 1.75. The van der Waals surface area contributed by atoms with Gasteiger partial charge in [0.2, 0.25) is 11.7 Å². The van der Waals surface area contributed by atoms with Gasteiger partial charge in [-0.2, -0.15) is 0 Å². The topological polar surface area (TPSA) is 132 Å². The van der Waals surface area contributed by atoms with Crippen molar-refractivity contribution >= 4 is 17.3 Å². The van der Waals surface area contributed by atoms with Crippen molar-refractivity contribution < 1.29 is 29.0 Å². The van der Waals surface area contributed by atoms with E-state index in [1.54, 1.807) is 36.4 Å². The molecule has 2 rings (SSSR count). The smallest absolute Gasteiger partial charge is 0.292 e. The van der Waals surface area contributed by atoms with Crippen LogP contribution in [0.1, 0.15) is 6.42 Å². The van der Waals surface area contributed by atoms with E-state index >= 15 is 0 Å². The fourth-order valence-electron chi connectivity index (χ4n) is 2.61. The van der Waals surface area contributed by atoms with Gasteiger partial charge in [-0.1, -0.05) is 18.2 Å². The summed E-state index contributed by atoms with van der Waals surface area (Å²) < 4.78 is 16.0. The minimum absolute atomic E-state index is 0.0121. The lowest BCUT2D eigenvalue weighted by Crippen LogP contribution is -2.36. The van der Waals surface area contributed by atoms with Crippen molar-refractivity contribution in [2.45, 2.75) is 12.5 Å². The molecule has 0 saturated heterocycles. The van der Waals surface area contributed by atoms with Crippen molar-refractivity contribution in [2.24, 2.45) is 0 Å². The average Bonchev–Trinajstić information content (AvgIpc) is 2.76. The molecule has 10 heteroatoms. The van der Waals surface area contributed by atoms with Crippen LogP contribution in [-0.4, -0.2) is 56.0 Å². The number of para-hydroxylation sites is 3. The number of aliphatic hydroxyl groups is 1. The molecule has 0 bridgehead atoms. The number of carbonyl (C=O) groups is 1. The van der Waals surface area contributed by atoms with Crippen molar-refractivity contribution in [1.29, 1.82) is 0 Å². The average molecular weight is 419 g/mol. The Bertz CT molecular complexity index is 838. The number of aliphatic hydroxyl groups excluding tert-OH is 1. The highest BCUT2D eigenvalue weighted by molar-refractivity contribution is 5.76. The molecule has 1 amide bonds. The van der Waals surface area contributed by atoms with Gasteiger partial charge in [0.15, 0.2) is 11.5 Å². The second-order valence-corrected chi connectivity index (χ2v) is 6.21. The number of carbonyl (C=O) groups excluding carboxylic acids is 1. The number of ether oxygens (including phenoxy) is 3. The van der Waals surface area contributed by atoms with Crippen LogP contribution >= 0.6 is 0 Å². The Kier molecular flexibility index (Phi) is 8.70. The number of nitro groups is 1. The van der Waals surface area contributed by atoms with E-state index in [1.165, 1.54) is 20.3 Å². The Hall–Kier alpha value is -3.53. The van der Waals surface area contributed by atoms with Gasteiger partial charge in [0.05, 0.1) is 19.1 Å². The standard InChI is InChI=1S/C20H25N3O7/c1-28-17-8-5-9-18(29-2)20(17)30-13-14(24)12-22-19(25)10-11-21-15-6-3-4-7-16(15)23(26)27/h3-9,14,21,24H,10-13H2,1-2H3,(H,22,25). The van der Waals surface area contributed by atoms with E-state index in [1.807, 2.05) is 0 Å². The van der Waals surface area contributed by atoms with E-state index in [-0.39, 0.29) is 37.7 Å². The van der Waals surface area contributed by atoms with Crippen LogP contribution in [0.5, 0.6) is 17.2 Å². The van der Waals surface area contributed by atoms with E-state index in [4.69, 9.17) is 14.2 Å². The molecule has 0 aliphatic heterocycles. The molecule has 1 atom stereocenters. The molecule has 30 heavy (non-hydrogen) atoms. The Morgan fingerprint density at radius 2 is 1.80 bits per heavy atom. The van der Waals surface area contributed by atoms with E-state index in [2.05, 4.69) is 10.6 Å². The third kappa shape index (κ3) is 6.52. The van der Waals surface area contributed by atoms with Gasteiger partial charge >= 0.3 is 0 Å². The third-order valence-electron chi connectivity index (χ3n) is 4.11. The molecular weight excluding hydrogens is 394 g/mol. The quantitative estimate of drug-likeness (QED) is 0.351. The first kappa shape index (κ1) is 22.8. The number of methoxy groups -OCH3 is 2. The highest BCUT2D eigenvalue weighted by Gasteiger charge is 2.15. The normalized spacial score (nSPS) is 11.3. The molecule has 2 aromatic carbocycles. The van der Waals surface area contributed by atoms with Gasteiger partial charge in [-0.15, -0.1) is 0 Å². The predicted molar refractivity (Wildman–Crippen MR) is 110 cm³/mol. The summed E-state index contributed by atoms with van der Waals surface area (Å²) in [4.78, 5) is 22.4. The molecule has 162 valence electrons. The Morgan fingerprint density at radius 3 is 2.43 bits per heavy atom. The molecule has 0 fully saturated rings. The van der Waals surface area contributed by atoms with Gasteiger partial charge in [0.1, 0.15) is 18.4 Å². The van der Waals surface area contributed by atoms with E-state index in [0.717, 1.165) is 0 Å². The molecule has 3 N–H and O–H groups in total. The summed E-state index contributed by atoms with van der Waals surface area (Å²) in [6, 6.07) is 11.4. The molecule has 0 saturated carbocycles. The van der Waals surface area contributed by atoms with Gasteiger partial charge in [0.25, 0.3) is 5.69 Å². The fourth-order valence-corrected chi connectivity index (χ4v) is 2.61. The maximum absolute atomic E-state index is 12.0. The molecule has 0 radical (unpaired) electrons. The monoisotopic (exact) mass is 419 g/mol. The van der Waals surface area contributed by atoms with E-state index < -0.39 is 11.0 Å². The third-order valence-corrected chi connectivity index (χ3v) is 4.11. The summed E-state index contributed by atoms with van der Waals surface area (Å²) in [6.45, 7) is 0.120. The lowest BCUT2D eigenvalue weighted by Gasteiger charge is -2.17. The first-order chi connectivity index (χ1) is 14.5. The fraction of sp³-hybridized carbons (Fsp3) is 0.350. The number of rotatable bonds is 12. The number of anilines is 1.